The largest absolute Gasteiger partial charge is 0.325 e. The minimum absolute atomic E-state index is 0.200. The molecule has 5 nitrogen and oxygen atoms in total. The number of anilines is 2. The van der Waals surface area contributed by atoms with Crippen molar-refractivity contribution >= 4 is 23.2 Å². The normalized spacial score (nSPS) is 9.11. The number of nitriles is 1. The molecule has 0 fully saturated rings. The lowest BCUT2D eigenvalue weighted by Gasteiger charge is -2.06. The highest BCUT2D eigenvalue weighted by Gasteiger charge is 2.03. The predicted molar refractivity (Wildman–Crippen MR) is 73.4 cm³/mol. The summed E-state index contributed by atoms with van der Waals surface area (Å²) in [7, 11) is 0. The van der Waals surface area contributed by atoms with Crippen molar-refractivity contribution in [2.75, 3.05) is 10.6 Å². The van der Waals surface area contributed by atoms with Crippen LogP contribution < -0.4 is 10.6 Å². The Morgan fingerprint density at radius 3 is 2.47 bits per heavy atom. The molecular weight excluding hydrogens is 242 g/mol. The third-order valence-corrected chi connectivity index (χ3v) is 2.07. The van der Waals surface area contributed by atoms with Crippen LogP contribution in [-0.2, 0) is 9.59 Å². The van der Waals surface area contributed by atoms with Crippen molar-refractivity contribution in [2.24, 2.45) is 0 Å². The molecule has 0 aliphatic heterocycles. The van der Waals surface area contributed by atoms with E-state index in [4.69, 9.17) is 5.26 Å². The first kappa shape index (κ1) is 14.5. The molecule has 0 saturated heterocycles. The van der Waals surface area contributed by atoms with Crippen molar-refractivity contribution in [2.45, 2.75) is 20.3 Å². The minimum atomic E-state index is -0.379. The van der Waals surface area contributed by atoms with Gasteiger partial charge < -0.3 is 10.6 Å². The van der Waals surface area contributed by atoms with Crippen LogP contribution in [0.4, 0.5) is 11.4 Å². The first-order valence-electron chi connectivity index (χ1n) is 5.74. The zero-order chi connectivity index (χ0) is 14.3. The van der Waals surface area contributed by atoms with Gasteiger partial charge in [-0.3, -0.25) is 9.59 Å². The van der Waals surface area contributed by atoms with Gasteiger partial charge in [0.2, 0.25) is 11.8 Å². The molecule has 0 aliphatic carbocycles. The Kier molecular flexibility index (Phi) is 5.30. The highest BCUT2D eigenvalue weighted by molar-refractivity contribution is 6.00. The molecule has 1 aromatic carbocycles. The van der Waals surface area contributed by atoms with Crippen molar-refractivity contribution in [3.63, 3.8) is 0 Å². The van der Waals surface area contributed by atoms with Gasteiger partial charge in [0.05, 0.1) is 6.07 Å². The smallest absolute Gasteiger partial charge is 0.248 e. The number of benzene rings is 1. The van der Waals surface area contributed by atoms with Crippen LogP contribution in [0.2, 0.25) is 0 Å². The lowest BCUT2D eigenvalue weighted by Crippen LogP contribution is -2.11. The molecule has 2 amide bonds. The lowest BCUT2D eigenvalue weighted by molar-refractivity contribution is -0.115. The molecule has 0 aliphatic rings. The number of carbonyl (C=O) groups is 2. The van der Waals surface area contributed by atoms with Crippen LogP contribution in [0.5, 0.6) is 0 Å². The van der Waals surface area contributed by atoms with Crippen LogP contribution >= 0.6 is 0 Å². The van der Waals surface area contributed by atoms with E-state index in [1.165, 1.54) is 6.08 Å². The summed E-state index contributed by atoms with van der Waals surface area (Å²) in [6.07, 6.45) is 1.29. The molecule has 0 radical (unpaired) electrons. The average molecular weight is 257 g/mol. The summed E-state index contributed by atoms with van der Waals surface area (Å²) in [6.45, 7) is 3.66. The molecule has 1 aromatic rings. The van der Waals surface area contributed by atoms with Crippen LogP contribution in [0.25, 0.3) is 0 Å². The van der Waals surface area contributed by atoms with E-state index >= 15 is 0 Å². The zero-order valence-electron chi connectivity index (χ0n) is 10.9. The fourth-order valence-corrected chi connectivity index (χ4v) is 1.39. The van der Waals surface area contributed by atoms with E-state index in [0.717, 1.165) is 5.57 Å². The third-order valence-electron chi connectivity index (χ3n) is 2.07. The summed E-state index contributed by atoms with van der Waals surface area (Å²) in [5.41, 5.74) is 2.02. The van der Waals surface area contributed by atoms with Gasteiger partial charge in [-0.1, -0.05) is 11.6 Å². The van der Waals surface area contributed by atoms with E-state index in [1.54, 1.807) is 30.3 Å². The fourth-order valence-electron chi connectivity index (χ4n) is 1.39. The Hall–Kier alpha value is -2.61. The van der Waals surface area contributed by atoms with Crippen molar-refractivity contribution < 1.29 is 9.59 Å². The molecule has 98 valence electrons. The van der Waals surface area contributed by atoms with Gasteiger partial charge in [-0.15, -0.1) is 0 Å². The molecular formula is C14H15N3O2. The monoisotopic (exact) mass is 257 g/mol. The van der Waals surface area contributed by atoms with Gasteiger partial charge in [0.1, 0.15) is 6.42 Å². The maximum Gasteiger partial charge on any atom is 0.248 e. The second-order valence-electron chi connectivity index (χ2n) is 4.17. The number of hydrogen-bond acceptors (Lipinski definition) is 3. The van der Waals surface area contributed by atoms with Crippen LogP contribution in [0.3, 0.4) is 0 Å². The number of allylic oxidation sites excluding steroid dienone is 1. The van der Waals surface area contributed by atoms with Crippen LogP contribution in [0.15, 0.2) is 35.9 Å². The highest BCUT2D eigenvalue weighted by atomic mass is 16.2. The van der Waals surface area contributed by atoms with E-state index in [1.807, 2.05) is 13.8 Å². The Morgan fingerprint density at radius 1 is 1.26 bits per heavy atom. The maximum absolute atomic E-state index is 11.5. The summed E-state index contributed by atoms with van der Waals surface area (Å²) < 4.78 is 0. The Balaban J connectivity index is 2.72. The second kappa shape index (κ2) is 6.97. The summed E-state index contributed by atoms with van der Waals surface area (Å²) in [6, 6.07) is 8.51. The summed E-state index contributed by atoms with van der Waals surface area (Å²) in [4.78, 5) is 22.8. The van der Waals surface area contributed by atoms with Gasteiger partial charge in [0.25, 0.3) is 0 Å². The van der Waals surface area contributed by atoms with Crippen LogP contribution in [-0.4, -0.2) is 11.8 Å². The van der Waals surface area contributed by atoms with Crippen LogP contribution in [0.1, 0.15) is 20.3 Å². The van der Waals surface area contributed by atoms with Gasteiger partial charge in [-0.25, -0.2) is 0 Å². The number of hydrogen-bond donors (Lipinski definition) is 2. The Bertz CT molecular complexity index is 552. The number of nitrogens with one attached hydrogen (secondary N) is 2. The van der Waals surface area contributed by atoms with E-state index in [-0.39, 0.29) is 18.2 Å². The molecule has 5 heteroatoms. The Morgan fingerprint density at radius 2 is 1.89 bits per heavy atom. The highest BCUT2D eigenvalue weighted by Crippen LogP contribution is 2.15. The molecule has 0 aromatic heterocycles. The quantitative estimate of drug-likeness (QED) is 0.813. The Labute approximate surface area is 111 Å². The summed E-state index contributed by atoms with van der Waals surface area (Å²) in [5.74, 6) is -0.601. The third kappa shape index (κ3) is 5.50. The zero-order valence-corrected chi connectivity index (χ0v) is 10.9. The molecule has 0 heterocycles. The molecule has 19 heavy (non-hydrogen) atoms. The minimum Gasteiger partial charge on any atom is -0.325 e. The topological polar surface area (TPSA) is 82.0 Å². The number of nitrogens with zero attached hydrogens (tertiary/aromatic N) is 1. The molecule has 0 unspecified atom stereocenters. The van der Waals surface area contributed by atoms with Gasteiger partial charge in [-0.05, 0) is 32.0 Å². The number of rotatable bonds is 4. The second-order valence-corrected chi connectivity index (χ2v) is 4.17. The summed E-state index contributed by atoms with van der Waals surface area (Å²) >= 11 is 0. The van der Waals surface area contributed by atoms with E-state index < -0.39 is 0 Å². The predicted octanol–water partition coefficient (Wildman–Crippen LogP) is 2.44. The molecule has 0 atom stereocenters. The SMILES string of the molecule is CC(C)=CC(=O)Nc1cccc(NC(=O)CC#N)c1. The number of carbonyl (C=O) groups excluding carboxylic acids is 2. The first-order valence-corrected chi connectivity index (χ1v) is 5.74. The van der Waals surface area contributed by atoms with E-state index in [0.29, 0.717) is 11.4 Å². The maximum atomic E-state index is 11.5. The standard InChI is InChI=1S/C14H15N3O2/c1-10(2)8-14(19)17-12-5-3-4-11(9-12)16-13(18)6-7-15/h3-5,8-9H,6H2,1-2H3,(H,16,18)(H,17,19). The molecule has 2 N–H and O–H groups in total. The van der Waals surface area contributed by atoms with Crippen molar-refractivity contribution in [3.05, 3.63) is 35.9 Å². The van der Waals surface area contributed by atoms with Crippen molar-refractivity contribution in [1.82, 2.24) is 0 Å². The fraction of sp³-hybridized carbons (Fsp3) is 0.214. The van der Waals surface area contributed by atoms with Gasteiger partial charge >= 0.3 is 0 Å². The van der Waals surface area contributed by atoms with Crippen LogP contribution in [0, 0.1) is 11.3 Å². The molecule has 1 rings (SSSR count). The van der Waals surface area contributed by atoms with Gasteiger partial charge in [-0.2, -0.15) is 5.26 Å². The first-order chi connectivity index (χ1) is 9.01. The van der Waals surface area contributed by atoms with E-state index in [2.05, 4.69) is 10.6 Å². The number of amides is 2. The van der Waals surface area contributed by atoms with E-state index in [9.17, 15) is 9.59 Å². The molecule has 0 bridgehead atoms. The van der Waals surface area contributed by atoms with Crippen molar-refractivity contribution in [3.8, 4) is 6.07 Å². The molecule has 0 spiro atoms. The average Bonchev–Trinajstić information content (AvgIpc) is 2.28. The van der Waals surface area contributed by atoms with Gasteiger partial charge in [0.15, 0.2) is 0 Å². The molecule has 0 saturated carbocycles. The summed E-state index contributed by atoms with van der Waals surface area (Å²) in [5, 5.41) is 13.7. The lowest BCUT2D eigenvalue weighted by atomic mass is 10.2. The van der Waals surface area contributed by atoms with Gasteiger partial charge in [0, 0.05) is 17.5 Å². The van der Waals surface area contributed by atoms with Crippen molar-refractivity contribution in [1.29, 1.82) is 5.26 Å².